The number of halogens is 1. The Kier molecular flexibility index (Phi) is 6.50. The van der Waals surface area contributed by atoms with Crippen LogP contribution >= 0.6 is 22.6 Å². The Balaban J connectivity index is 1.60. The van der Waals surface area contributed by atoms with Crippen molar-refractivity contribution in [3.05, 3.63) is 113 Å². The standard InChI is InChI=1S/C28H22IN3O3/c29-26(34)15-20-9-4-8-19(12-20)14-24-28(35)32-17-25(21-10-5-11-22(33)16-21)30-23(27(32)31-24)13-18-6-2-1-3-7-18/h1-12,16-17,33,35H,13-15H2. The lowest BCUT2D eigenvalue weighted by atomic mass is 10.1. The first-order valence-corrected chi connectivity index (χ1v) is 12.2. The third-order valence-corrected chi connectivity index (χ3v) is 6.16. The average Bonchev–Trinajstić information content (AvgIpc) is 3.15. The summed E-state index contributed by atoms with van der Waals surface area (Å²) in [4.78, 5) is 21.2. The normalized spacial score (nSPS) is 11.1. The minimum atomic E-state index is 0.0495. The van der Waals surface area contributed by atoms with E-state index in [2.05, 4.69) is 0 Å². The Bertz CT molecular complexity index is 1530. The summed E-state index contributed by atoms with van der Waals surface area (Å²) in [6.07, 6.45) is 3.07. The summed E-state index contributed by atoms with van der Waals surface area (Å²) in [5.41, 5.74) is 6.19. The van der Waals surface area contributed by atoms with Gasteiger partial charge in [-0.3, -0.25) is 9.20 Å². The number of phenolic OH excluding ortho intramolecular Hbond substituents is 1. The fraction of sp³-hybridized carbons (Fsp3) is 0.107. The zero-order valence-corrected chi connectivity index (χ0v) is 20.9. The molecule has 6 nitrogen and oxygen atoms in total. The SMILES string of the molecule is O=C(I)Cc1cccc(Cc2nc3c(Cc4ccccc4)nc(-c4cccc(O)c4)cn3c2O)c1. The number of hydrogen-bond acceptors (Lipinski definition) is 5. The fourth-order valence-corrected chi connectivity index (χ4v) is 4.62. The van der Waals surface area contributed by atoms with Crippen LogP contribution in [0, 0.1) is 0 Å². The number of rotatable bonds is 7. The lowest BCUT2D eigenvalue weighted by Crippen LogP contribution is -2.00. The van der Waals surface area contributed by atoms with Crippen LogP contribution in [0.25, 0.3) is 16.9 Å². The largest absolute Gasteiger partial charge is 0.508 e. The summed E-state index contributed by atoms with van der Waals surface area (Å²) in [7, 11) is 0. The van der Waals surface area contributed by atoms with E-state index < -0.39 is 0 Å². The molecule has 0 saturated carbocycles. The molecule has 3 aromatic carbocycles. The van der Waals surface area contributed by atoms with E-state index in [9.17, 15) is 15.0 Å². The zero-order chi connectivity index (χ0) is 24.4. The van der Waals surface area contributed by atoms with Gasteiger partial charge in [-0.25, -0.2) is 9.97 Å². The van der Waals surface area contributed by atoms with Gasteiger partial charge in [0.15, 0.2) is 9.44 Å². The van der Waals surface area contributed by atoms with Crippen molar-refractivity contribution in [2.75, 3.05) is 0 Å². The van der Waals surface area contributed by atoms with Gasteiger partial charge in [0.25, 0.3) is 0 Å². The average molecular weight is 575 g/mol. The second kappa shape index (κ2) is 9.87. The monoisotopic (exact) mass is 575 g/mol. The Hall–Kier alpha value is -3.72. The highest BCUT2D eigenvalue weighted by Gasteiger charge is 2.18. The Morgan fingerprint density at radius 3 is 2.29 bits per heavy atom. The number of hydrogen-bond donors (Lipinski definition) is 2. The van der Waals surface area contributed by atoms with Crippen molar-refractivity contribution < 1.29 is 15.0 Å². The maximum Gasteiger partial charge on any atom is 0.219 e. The molecule has 0 radical (unpaired) electrons. The van der Waals surface area contributed by atoms with Crippen LogP contribution in [0.3, 0.4) is 0 Å². The third kappa shape index (κ3) is 5.19. The van der Waals surface area contributed by atoms with E-state index in [0.29, 0.717) is 36.3 Å². The molecule has 0 fully saturated rings. The first-order chi connectivity index (χ1) is 17.0. The summed E-state index contributed by atoms with van der Waals surface area (Å²) in [6.45, 7) is 0. The molecule has 0 spiro atoms. The van der Waals surface area contributed by atoms with Crippen molar-refractivity contribution in [2.45, 2.75) is 19.3 Å². The molecule has 0 unspecified atom stereocenters. The first kappa shape index (κ1) is 23.0. The van der Waals surface area contributed by atoms with Crippen molar-refractivity contribution in [3.63, 3.8) is 0 Å². The molecule has 0 atom stereocenters. The summed E-state index contributed by atoms with van der Waals surface area (Å²) in [5.74, 6) is 0.197. The molecule has 174 valence electrons. The minimum Gasteiger partial charge on any atom is -0.508 e. The predicted octanol–water partition coefficient (Wildman–Crippen LogP) is 5.49. The van der Waals surface area contributed by atoms with Gasteiger partial charge in [-0.15, -0.1) is 0 Å². The number of aromatic hydroxyl groups is 2. The Morgan fingerprint density at radius 1 is 0.800 bits per heavy atom. The van der Waals surface area contributed by atoms with Gasteiger partial charge in [-0.1, -0.05) is 66.7 Å². The van der Waals surface area contributed by atoms with E-state index in [-0.39, 0.29) is 15.4 Å². The van der Waals surface area contributed by atoms with E-state index in [1.54, 1.807) is 51.4 Å². The minimum absolute atomic E-state index is 0.0495. The summed E-state index contributed by atoms with van der Waals surface area (Å²) in [6, 6.07) is 24.7. The predicted molar refractivity (Wildman–Crippen MR) is 143 cm³/mol. The highest BCUT2D eigenvalue weighted by atomic mass is 127. The van der Waals surface area contributed by atoms with E-state index in [1.165, 1.54) is 0 Å². The quantitative estimate of drug-likeness (QED) is 0.198. The van der Waals surface area contributed by atoms with Crippen molar-refractivity contribution in [1.82, 2.24) is 14.4 Å². The number of nitrogens with zero attached hydrogens (tertiary/aromatic N) is 3. The van der Waals surface area contributed by atoms with Crippen LogP contribution in [-0.2, 0) is 24.1 Å². The molecule has 7 heteroatoms. The number of aromatic nitrogens is 3. The summed E-state index contributed by atoms with van der Waals surface area (Å²) < 4.78 is 1.74. The molecule has 0 aliphatic carbocycles. The van der Waals surface area contributed by atoms with Crippen LogP contribution in [0.1, 0.15) is 28.1 Å². The number of benzene rings is 3. The van der Waals surface area contributed by atoms with E-state index >= 15 is 0 Å². The highest BCUT2D eigenvalue weighted by Crippen LogP contribution is 2.29. The van der Waals surface area contributed by atoms with Gasteiger partial charge < -0.3 is 10.2 Å². The van der Waals surface area contributed by atoms with Gasteiger partial charge in [0, 0.05) is 31.0 Å². The van der Waals surface area contributed by atoms with Crippen LogP contribution in [-0.4, -0.2) is 28.4 Å². The lowest BCUT2D eigenvalue weighted by Gasteiger charge is -2.09. The van der Waals surface area contributed by atoms with E-state index in [4.69, 9.17) is 9.97 Å². The van der Waals surface area contributed by atoms with Crippen LogP contribution in [0.2, 0.25) is 0 Å². The molecule has 2 N–H and O–H groups in total. The smallest absolute Gasteiger partial charge is 0.219 e. The molecular weight excluding hydrogens is 553 g/mol. The van der Waals surface area contributed by atoms with Crippen molar-refractivity contribution >= 4 is 32.0 Å². The molecule has 0 aliphatic heterocycles. The second-order valence-corrected chi connectivity index (χ2v) is 9.59. The topological polar surface area (TPSA) is 87.7 Å². The van der Waals surface area contributed by atoms with E-state index in [0.717, 1.165) is 27.9 Å². The first-order valence-electron chi connectivity index (χ1n) is 11.2. The van der Waals surface area contributed by atoms with Gasteiger partial charge in [0.2, 0.25) is 5.88 Å². The number of imidazole rings is 1. The van der Waals surface area contributed by atoms with Gasteiger partial charge in [0.05, 0.1) is 11.4 Å². The number of carbonyl (C=O) groups is 1. The van der Waals surface area contributed by atoms with Gasteiger partial charge in [-0.05, 0) is 51.4 Å². The van der Waals surface area contributed by atoms with Gasteiger partial charge in [-0.2, -0.15) is 0 Å². The molecule has 5 rings (SSSR count). The van der Waals surface area contributed by atoms with Crippen molar-refractivity contribution in [2.24, 2.45) is 0 Å². The van der Waals surface area contributed by atoms with Crippen molar-refractivity contribution in [3.8, 4) is 22.9 Å². The molecule has 5 aromatic rings. The van der Waals surface area contributed by atoms with Crippen LogP contribution in [0.4, 0.5) is 0 Å². The Labute approximate surface area is 216 Å². The molecule has 0 aliphatic rings. The fourth-order valence-electron chi connectivity index (χ4n) is 4.18. The van der Waals surface area contributed by atoms with Crippen LogP contribution in [0.5, 0.6) is 11.6 Å². The maximum atomic E-state index is 11.5. The van der Waals surface area contributed by atoms with E-state index in [1.807, 2.05) is 60.7 Å². The maximum absolute atomic E-state index is 11.5. The molecule has 0 bridgehead atoms. The number of phenols is 1. The lowest BCUT2D eigenvalue weighted by molar-refractivity contribution is -0.108. The molecule has 35 heavy (non-hydrogen) atoms. The van der Waals surface area contributed by atoms with Crippen molar-refractivity contribution in [1.29, 1.82) is 0 Å². The summed E-state index contributed by atoms with van der Waals surface area (Å²) >= 11 is 1.80. The van der Waals surface area contributed by atoms with Crippen LogP contribution in [0.15, 0.2) is 85.1 Å². The highest BCUT2D eigenvalue weighted by molar-refractivity contribution is 14.1. The second-order valence-electron chi connectivity index (χ2n) is 8.39. The molecular formula is C28H22IN3O3. The van der Waals surface area contributed by atoms with Crippen LogP contribution < -0.4 is 0 Å². The molecule has 0 saturated heterocycles. The van der Waals surface area contributed by atoms with Gasteiger partial charge in [0.1, 0.15) is 11.4 Å². The number of carbonyl (C=O) groups excluding carboxylic acids is 1. The third-order valence-electron chi connectivity index (χ3n) is 5.78. The summed E-state index contributed by atoms with van der Waals surface area (Å²) in [5, 5.41) is 21.1. The Morgan fingerprint density at radius 2 is 1.51 bits per heavy atom. The molecule has 2 heterocycles. The number of fused-ring (bicyclic) bond motifs is 1. The van der Waals surface area contributed by atoms with Gasteiger partial charge >= 0.3 is 0 Å². The zero-order valence-electron chi connectivity index (χ0n) is 18.7. The molecule has 0 amide bonds. The molecule has 2 aromatic heterocycles.